The van der Waals surface area contributed by atoms with Gasteiger partial charge in [0.05, 0.1) is 12.0 Å². The summed E-state index contributed by atoms with van der Waals surface area (Å²) in [6.45, 7) is 0. The van der Waals surface area contributed by atoms with Gasteiger partial charge in [0.1, 0.15) is 6.10 Å². The van der Waals surface area contributed by atoms with Crippen molar-refractivity contribution in [2.75, 3.05) is 7.11 Å². The predicted molar refractivity (Wildman–Crippen MR) is 67.2 cm³/mol. The number of fused-ring (bicyclic) bond motifs is 2. The highest BCUT2D eigenvalue weighted by atomic mass is 16.5. The summed E-state index contributed by atoms with van der Waals surface area (Å²) in [7, 11) is 1.74. The van der Waals surface area contributed by atoms with Gasteiger partial charge in [-0.1, -0.05) is 0 Å². The first-order chi connectivity index (χ1) is 8.76. The number of carbonyl (C=O) groups is 1. The topological polar surface area (TPSA) is 47.6 Å². The van der Waals surface area contributed by atoms with Crippen LogP contribution in [0.15, 0.2) is 0 Å². The maximum atomic E-state index is 12.2. The van der Waals surface area contributed by atoms with Gasteiger partial charge in [0.25, 0.3) is 0 Å². The minimum absolute atomic E-state index is 0.0245. The Morgan fingerprint density at radius 3 is 2.61 bits per heavy atom. The number of carbonyl (C=O) groups excluding carboxylic acids is 1. The zero-order chi connectivity index (χ0) is 12.5. The Morgan fingerprint density at radius 2 is 1.94 bits per heavy atom. The monoisotopic (exact) mass is 253 g/mol. The van der Waals surface area contributed by atoms with Gasteiger partial charge in [0, 0.05) is 25.6 Å². The molecule has 3 aliphatic rings. The van der Waals surface area contributed by atoms with Crippen molar-refractivity contribution in [2.24, 2.45) is 5.92 Å². The van der Waals surface area contributed by atoms with Crippen LogP contribution in [-0.4, -0.2) is 37.4 Å². The molecule has 2 aliphatic heterocycles. The molecule has 2 bridgehead atoms. The quantitative estimate of drug-likeness (QED) is 0.777. The molecule has 18 heavy (non-hydrogen) atoms. The molecule has 1 aliphatic carbocycles. The molecule has 1 saturated carbocycles. The highest BCUT2D eigenvalue weighted by Gasteiger charge is 2.44. The van der Waals surface area contributed by atoms with Gasteiger partial charge in [0.15, 0.2) is 0 Å². The molecule has 3 fully saturated rings. The zero-order valence-corrected chi connectivity index (χ0v) is 11.1. The fraction of sp³-hybridized carbons (Fsp3) is 0.929. The molecule has 3 rings (SSSR count). The number of esters is 1. The Balaban J connectivity index is 1.51. The third-order valence-electron chi connectivity index (χ3n) is 4.80. The summed E-state index contributed by atoms with van der Waals surface area (Å²) in [6.07, 6.45) is 7.76. The van der Waals surface area contributed by atoms with Crippen LogP contribution in [0.25, 0.3) is 0 Å². The first-order valence-corrected chi connectivity index (χ1v) is 7.25. The van der Waals surface area contributed by atoms with Crippen LogP contribution >= 0.6 is 0 Å². The molecule has 2 saturated heterocycles. The van der Waals surface area contributed by atoms with E-state index in [2.05, 4.69) is 5.32 Å². The van der Waals surface area contributed by atoms with Gasteiger partial charge in [-0.2, -0.15) is 0 Å². The normalized spacial score (nSPS) is 43.1. The van der Waals surface area contributed by atoms with E-state index in [0.717, 1.165) is 38.5 Å². The smallest absolute Gasteiger partial charge is 0.310 e. The summed E-state index contributed by atoms with van der Waals surface area (Å²) >= 11 is 0. The maximum absolute atomic E-state index is 12.2. The van der Waals surface area contributed by atoms with Crippen molar-refractivity contribution in [3.63, 3.8) is 0 Å². The third kappa shape index (κ3) is 2.41. The highest BCUT2D eigenvalue weighted by Crippen LogP contribution is 2.35. The lowest BCUT2D eigenvalue weighted by molar-refractivity contribution is -0.158. The standard InChI is InChI=1S/C14H23NO3/c1-17-10-3-2-4-11(8-10)18-14(16)12-7-9-5-6-13(12)15-9/h9-13,15H,2-8H2,1H3. The number of nitrogens with one attached hydrogen (secondary N) is 1. The van der Waals surface area contributed by atoms with E-state index in [1.165, 1.54) is 6.42 Å². The first-order valence-electron chi connectivity index (χ1n) is 7.25. The van der Waals surface area contributed by atoms with Gasteiger partial charge in [0.2, 0.25) is 0 Å². The van der Waals surface area contributed by atoms with E-state index >= 15 is 0 Å². The van der Waals surface area contributed by atoms with Gasteiger partial charge in [-0.15, -0.1) is 0 Å². The maximum Gasteiger partial charge on any atom is 0.310 e. The average molecular weight is 253 g/mol. The number of hydrogen-bond acceptors (Lipinski definition) is 4. The molecular weight excluding hydrogens is 230 g/mol. The summed E-state index contributed by atoms with van der Waals surface area (Å²) in [5.41, 5.74) is 0. The number of hydrogen-bond donors (Lipinski definition) is 1. The molecule has 0 radical (unpaired) electrons. The molecule has 5 atom stereocenters. The molecule has 4 heteroatoms. The van der Waals surface area contributed by atoms with Crippen molar-refractivity contribution in [1.82, 2.24) is 5.32 Å². The first kappa shape index (κ1) is 12.4. The Labute approximate surface area is 108 Å². The minimum atomic E-state index is 0.0245. The van der Waals surface area contributed by atoms with E-state index in [1.54, 1.807) is 7.11 Å². The summed E-state index contributed by atoms with van der Waals surface area (Å²) in [5.74, 6) is 0.128. The van der Waals surface area contributed by atoms with Crippen molar-refractivity contribution in [3.8, 4) is 0 Å². The molecule has 102 valence electrons. The van der Waals surface area contributed by atoms with Crippen molar-refractivity contribution in [3.05, 3.63) is 0 Å². The van der Waals surface area contributed by atoms with Crippen molar-refractivity contribution >= 4 is 5.97 Å². The molecule has 0 spiro atoms. The molecule has 2 heterocycles. The fourth-order valence-electron chi connectivity index (χ4n) is 3.76. The summed E-state index contributed by atoms with van der Waals surface area (Å²) in [5, 5.41) is 3.49. The minimum Gasteiger partial charge on any atom is -0.462 e. The summed E-state index contributed by atoms with van der Waals surface area (Å²) in [4.78, 5) is 12.2. The Kier molecular flexibility index (Phi) is 3.57. The largest absolute Gasteiger partial charge is 0.462 e. The molecule has 1 N–H and O–H groups in total. The van der Waals surface area contributed by atoms with Crippen molar-refractivity contribution in [1.29, 1.82) is 0 Å². The molecule has 4 nitrogen and oxygen atoms in total. The van der Waals surface area contributed by atoms with Gasteiger partial charge >= 0.3 is 5.97 Å². The predicted octanol–water partition coefficient (Wildman–Crippen LogP) is 1.63. The van der Waals surface area contributed by atoms with E-state index in [0.29, 0.717) is 12.1 Å². The van der Waals surface area contributed by atoms with Gasteiger partial charge in [-0.05, 0) is 38.5 Å². The van der Waals surface area contributed by atoms with Crippen LogP contribution in [0.5, 0.6) is 0 Å². The van der Waals surface area contributed by atoms with E-state index in [9.17, 15) is 4.79 Å². The van der Waals surface area contributed by atoms with Crippen LogP contribution in [0.3, 0.4) is 0 Å². The molecule has 5 unspecified atom stereocenters. The van der Waals surface area contributed by atoms with E-state index in [4.69, 9.17) is 9.47 Å². The van der Waals surface area contributed by atoms with E-state index in [1.807, 2.05) is 0 Å². The van der Waals surface area contributed by atoms with Crippen LogP contribution in [0.4, 0.5) is 0 Å². The van der Waals surface area contributed by atoms with Crippen LogP contribution in [0.1, 0.15) is 44.9 Å². The van der Waals surface area contributed by atoms with Gasteiger partial charge < -0.3 is 14.8 Å². The lowest BCUT2D eigenvalue weighted by Crippen LogP contribution is -2.35. The lowest BCUT2D eigenvalue weighted by atomic mass is 9.89. The van der Waals surface area contributed by atoms with Crippen LogP contribution in [0.2, 0.25) is 0 Å². The summed E-state index contributed by atoms with van der Waals surface area (Å²) in [6, 6.07) is 0.940. The molecule has 0 amide bonds. The van der Waals surface area contributed by atoms with Crippen molar-refractivity contribution in [2.45, 2.75) is 69.2 Å². The molecule has 0 aromatic heterocycles. The number of methoxy groups -OCH3 is 1. The highest BCUT2D eigenvalue weighted by molar-refractivity contribution is 5.74. The second-order valence-corrected chi connectivity index (χ2v) is 5.97. The number of ether oxygens (including phenoxy) is 2. The van der Waals surface area contributed by atoms with Gasteiger partial charge in [-0.25, -0.2) is 0 Å². The molecule has 0 aromatic carbocycles. The fourth-order valence-corrected chi connectivity index (χ4v) is 3.76. The van der Waals surface area contributed by atoms with Crippen LogP contribution < -0.4 is 5.32 Å². The molecule has 0 aromatic rings. The Bertz CT molecular complexity index is 320. The Hall–Kier alpha value is -0.610. The second kappa shape index (κ2) is 5.17. The summed E-state index contributed by atoms with van der Waals surface area (Å²) < 4.78 is 11.1. The van der Waals surface area contributed by atoms with Crippen LogP contribution in [-0.2, 0) is 14.3 Å². The number of rotatable bonds is 3. The Morgan fingerprint density at radius 1 is 1.11 bits per heavy atom. The van der Waals surface area contributed by atoms with Crippen LogP contribution in [0, 0.1) is 5.92 Å². The average Bonchev–Trinajstić information content (AvgIpc) is 3.01. The third-order valence-corrected chi connectivity index (χ3v) is 4.80. The van der Waals surface area contributed by atoms with E-state index < -0.39 is 0 Å². The molecular formula is C14H23NO3. The zero-order valence-electron chi connectivity index (χ0n) is 11.1. The van der Waals surface area contributed by atoms with E-state index in [-0.39, 0.29) is 24.1 Å². The lowest BCUT2D eigenvalue weighted by Gasteiger charge is -2.29. The second-order valence-electron chi connectivity index (χ2n) is 5.97. The van der Waals surface area contributed by atoms with Crippen molar-refractivity contribution < 1.29 is 14.3 Å². The SMILES string of the molecule is COC1CCCC(OC(=O)C2CC3CCC2N3)C1. The van der Waals surface area contributed by atoms with Gasteiger partial charge in [-0.3, -0.25) is 4.79 Å².